The van der Waals surface area contributed by atoms with E-state index in [1.165, 1.54) is 11.3 Å². The Hall–Kier alpha value is -3.62. The first kappa shape index (κ1) is 22.2. The molecule has 5 rings (SSSR count). The molecule has 34 heavy (non-hydrogen) atoms. The lowest BCUT2D eigenvalue weighted by Gasteiger charge is -2.14. The molecule has 0 aliphatic carbocycles. The van der Waals surface area contributed by atoms with Crippen LogP contribution in [0.5, 0.6) is 11.5 Å². The van der Waals surface area contributed by atoms with Crippen molar-refractivity contribution in [3.63, 3.8) is 0 Å². The lowest BCUT2D eigenvalue weighted by molar-refractivity contribution is -0.113. The first-order chi connectivity index (χ1) is 16.6. The van der Waals surface area contributed by atoms with E-state index < -0.39 is 0 Å². The standard InChI is InChI=1S/C26H21N3O3S2/c1-31-20-13-14-21(32-2)23-22(20)28-26(34-23)29-24(17-7-5-4-6-8-17)27-19(25(29)30)15-16-9-11-18(33-3)12-10-16/h4-15H,1-3H3/b19-15+. The number of aromatic nitrogens is 1. The van der Waals surface area contributed by atoms with E-state index in [2.05, 4.69) is 0 Å². The molecule has 2 heterocycles. The second-order valence-corrected chi connectivity index (χ2v) is 9.25. The highest BCUT2D eigenvalue weighted by molar-refractivity contribution is 7.98. The van der Waals surface area contributed by atoms with Gasteiger partial charge >= 0.3 is 0 Å². The van der Waals surface area contributed by atoms with Gasteiger partial charge in [0.05, 0.1) is 14.2 Å². The Bertz CT molecular complexity index is 1390. The highest BCUT2D eigenvalue weighted by atomic mass is 32.2. The fourth-order valence-electron chi connectivity index (χ4n) is 3.70. The third-order valence-electron chi connectivity index (χ3n) is 5.40. The number of fused-ring (bicyclic) bond motifs is 1. The fraction of sp³-hybridized carbons (Fsp3) is 0.115. The van der Waals surface area contributed by atoms with Crippen LogP contribution in [0.15, 0.2) is 82.3 Å². The first-order valence-electron chi connectivity index (χ1n) is 10.5. The van der Waals surface area contributed by atoms with Crippen LogP contribution in [0.1, 0.15) is 11.1 Å². The van der Waals surface area contributed by atoms with Crippen LogP contribution >= 0.6 is 23.1 Å². The minimum atomic E-state index is -0.232. The lowest BCUT2D eigenvalue weighted by Crippen LogP contribution is -2.32. The molecule has 1 amide bonds. The summed E-state index contributed by atoms with van der Waals surface area (Å²) in [6.45, 7) is 0. The van der Waals surface area contributed by atoms with Crippen LogP contribution in [-0.4, -0.2) is 37.2 Å². The van der Waals surface area contributed by atoms with Gasteiger partial charge in [-0.25, -0.2) is 14.9 Å². The van der Waals surface area contributed by atoms with Crippen LogP contribution in [0.25, 0.3) is 16.3 Å². The number of aliphatic imine (C=N–C) groups is 1. The van der Waals surface area contributed by atoms with Gasteiger partial charge < -0.3 is 9.47 Å². The molecular formula is C26H21N3O3S2. The van der Waals surface area contributed by atoms with Crippen molar-refractivity contribution in [2.75, 3.05) is 25.4 Å². The summed E-state index contributed by atoms with van der Waals surface area (Å²) in [4.78, 5) is 25.9. The summed E-state index contributed by atoms with van der Waals surface area (Å²) in [5.41, 5.74) is 2.74. The van der Waals surface area contributed by atoms with Crippen LogP contribution in [0.3, 0.4) is 0 Å². The van der Waals surface area contributed by atoms with Crippen molar-refractivity contribution in [1.29, 1.82) is 0 Å². The second kappa shape index (κ2) is 9.32. The predicted molar refractivity (Wildman–Crippen MR) is 139 cm³/mol. The summed E-state index contributed by atoms with van der Waals surface area (Å²) in [6, 6.07) is 21.3. The Labute approximate surface area is 205 Å². The van der Waals surface area contributed by atoms with Crippen molar-refractivity contribution in [3.8, 4) is 11.5 Å². The van der Waals surface area contributed by atoms with Gasteiger partial charge in [-0.15, -0.1) is 11.8 Å². The van der Waals surface area contributed by atoms with Crippen molar-refractivity contribution in [2.45, 2.75) is 4.90 Å². The molecule has 4 aromatic rings. The number of hydrogen-bond acceptors (Lipinski definition) is 7. The topological polar surface area (TPSA) is 64.0 Å². The number of thiazole rings is 1. The molecular weight excluding hydrogens is 466 g/mol. The van der Waals surface area contributed by atoms with Gasteiger partial charge in [0, 0.05) is 10.5 Å². The van der Waals surface area contributed by atoms with E-state index in [1.807, 2.05) is 79.1 Å². The van der Waals surface area contributed by atoms with Gasteiger partial charge in [-0.1, -0.05) is 53.8 Å². The summed E-state index contributed by atoms with van der Waals surface area (Å²) in [5.74, 6) is 1.60. The minimum Gasteiger partial charge on any atom is -0.495 e. The molecule has 0 saturated carbocycles. The molecule has 0 unspecified atom stereocenters. The van der Waals surface area contributed by atoms with Crippen LogP contribution in [-0.2, 0) is 4.79 Å². The van der Waals surface area contributed by atoms with Crippen molar-refractivity contribution < 1.29 is 14.3 Å². The van der Waals surface area contributed by atoms with Crippen molar-refractivity contribution in [1.82, 2.24) is 4.98 Å². The number of rotatable bonds is 6. The average Bonchev–Trinajstić information content (AvgIpc) is 3.46. The van der Waals surface area contributed by atoms with Crippen molar-refractivity contribution in [2.24, 2.45) is 4.99 Å². The first-order valence-corrected chi connectivity index (χ1v) is 12.5. The Morgan fingerprint density at radius 2 is 1.65 bits per heavy atom. The fourth-order valence-corrected chi connectivity index (χ4v) is 5.19. The SMILES string of the molecule is COc1ccc(OC)c2sc(N3C(=O)/C(=C\c4ccc(SC)cc4)N=C3c3ccccc3)nc12. The number of carbonyl (C=O) groups is 1. The Morgan fingerprint density at radius 1 is 0.941 bits per heavy atom. The average molecular weight is 488 g/mol. The molecule has 0 bridgehead atoms. The maximum atomic E-state index is 13.6. The Balaban J connectivity index is 1.64. The normalized spacial score (nSPS) is 14.7. The van der Waals surface area contributed by atoms with E-state index in [-0.39, 0.29) is 5.91 Å². The van der Waals surface area contributed by atoms with Gasteiger partial charge in [0.1, 0.15) is 33.2 Å². The number of amidine groups is 1. The molecule has 6 nitrogen and oxygen atoms in total. The molecule has 170 valence electrons. The van der Waals surface area contributed by atoms with Crippen molar-refractivity contribution >= 4 is 56.3 Å². The second-order valence-electron chi connectivity index (χ2n) is 7.39. The zero-order chi connectivity index (χ0) is 23.7. The number of carbonyl (C=O) groups excluding carboxylic acids is 1. The zero-order valence-electron chi connectivity index (χ0n) is 18.8. The molecule has 8 heteroatoms. The number of methoxy groups -OCH3 is 2. The van der Waals surface area contributed by atoms with E-state index in [0.717, 1.165) is 20.7 Å². The monoisotopic (exact) mass is 487 g/mol. The van der Waals surface area contributed by atoms with Gasteiger partial charge in [0.25, 0.3) is 5.91 Å². The van der Waals surface area contributed by atoms with Crippen LogP contribution in [0.2, 0.25) is 0 Å². The van der Waals surface area contributed by atoms with Gasteiger partial charge in [0.15, 0.2) is 5.13 Å². The molecule has 0 fully saturated rings. The third-order valence-corrected chi connectivity index (χ3v) is 7.20. The van der Waals surface area contributed by atoms with Crippen LogP contribution in [0, 0.1) is 0 Å². The lowest BCUT2D eigenvalue weighted by atomic mass is 10.2. The quantitative estimate of drug-likeness (QED) is 0.251. The number of benzene rings is 3. The van der Waals surface area contributed by atoms with E-state index in [9.17, 15) is 4.79 Å². The number of anilines is 1. The van der Waals surface area contributed by atoms with E-state index in [0.29, 0.717) is 33.7 Å². The molecule has 3 aromatic carbocycles. The number of hydrogen-bond donors (Lipinski definition) is 0. The molecule has 0 N–H and O–H groups in total. The Morgan fingerprint density at radius 3 is 2.32 bits per heavy atom. The smallest absolute Gasteiger partial charge is 0.284 e. The number of thioether (sulfide) groups is 1. The molecule has 1 aliphatic rings. The molecule has 0 radical (unpaired) electrons. The summed E-state index contributed by atoms with van der Waals surface area (Å²) in [6.07, 6.45) is 3.84. The maximum absolute atomic E-state index is 13.6. The highest BCUT2D eigenvalue weighted by Crippen LogP contribution is 2.41. The summed E-state index contributed by atoms with van der Waals surface area (Å²) in [5, 5.41) is 0.506. The van der Waals surface area contributed by atoms with E-state index in [1.54, 1.807) is 30.9 Å². The predicted octanol–water partition coefficient (Wildman–Crippen LogP) is 5.87. The molecule has 0 saturated heterocycles. The Kier molecular flexibility index (Phi) is 6.08. The van der Waals surface area contributed by atoms with Gasteiger partial charge in [-0.2, -0.15) is 0 Å². The van der Waals surface area contributed by atoms with E-state index in [4.69, 9.17) is 19.5 Å². The highest BCUT2D eigenvalue weighted by Gasteiger charge is 2.35. The van der Waals surface area contributed by atoms with E-state index >= 15 is 0 Å². The summed E-state index contributed by atoms with van der Waals surface area (Å²) in [7, 11) is 3.21. The number of nitrogens with zero attached hydrogens (tertiary/aromatic N) is 3. The van der Waals surface area contributed by atoms with Crippen LogP contribution < -0.4 is 14.4 Å². The van der Waals surface area contributed by atoms with Crippen LogP contribution in [0.4, 0.5) is 5.13 Å². The van der Waals surface area contributed by atoms with Gasteiger partial charge in [0.2, 0.25) is 0 Å². The zero-order valence-corrected chi connectivity index (χ0v) is 20.4. The number of ether oxygens (including phenoxy) is 2. The van der Waals surface area contributed by atoms with Gasteiger partial charge in [-0.05, 0) is 42.2 Å². The van der Waals surface area contributed by atoms with Gasteiger partial charge in [-0.3, -0.25) is 4.79 Å². The maximum Gasteiger partial charge on any atom is 0.284 e. The largest absolute Gasteiger partial charge is 0.495 e. The summed E-state index contributed by atoms with van der Waals surface area (Å²) >= 11 is 3.04. The van der Waals surface area contributed by atoms with Crippen molar-refractivity contribution in [3.05, 3.63) is 83.6 Å². The molecule has 1 aliphatic heterocycles. The number of amides is 1. The molecule has 1 aromatic heterocycles. The molecule has 0 spiro atoms. The molecule has 0 atom stereocenters. The summed E-state index contributed by atoms with van der Waals surface area (Å²) < 4.78 is 11.8. The minimum absolute atomic E-state index is 0.232. The third kappa shape index (κ3) is 3.95.